The quantitative estimate of drug-likeness (QED) is 0.289. The minimum Gasteiger partial charge on any atom is -0.393 e. The van der Waals surface area contributed by atoms with Gasteiger partial charge in [0.1, 0.15) is 4.87 Å². The van der Waals surface area contributed by atoms with E-state index in [9.17, 15) is 18.0 Å². The molecule has 3 aliphatic carbocycles. The van der Waals surface area contributed by atoms with Crippen molar-refractivity contribution in [2.45, 2.75) is 34.4 Å². The van der Waals surface area contributed by atoms with Crippen LogP contribution in [0.3, 0.4) is 0 Å². The number of aryl methyl sites for hydroxylation is 1. The third-order valence-electron chi connectivity index (χ3n) is 6.59. The predicted octanol–water partition coefficient (Wildman–Crippen LogP) is 2.93. The van der Waals surface area contributed by atoms with Crippen molar-refractivity contribution in [3.63, 3.8) is 0 Å². The van der Waals surface area contributed by atoms with E-state index in [1.54, 1.807) is 36.4 Å². The van der Waals surface area contributed by atoms with Gasteiger partial charge in [-0.1, -0.05) is 29.8 Å². The summed E-state index contributed by atoms with van der Waals surface area (Å²) in [4.78, 5) is 22.6. The van der Waals surface area contributed by atoms with Crippen molar-refractivity contribution in [2.24, 2.45) is 11.8 Å². The minimum atomic E-state index is -3.68. The van der Waals surface area contributed by atoms with E-state index in [0.717, 1.165) is 5.56 Å². The fraction of sp³-hybridized carbons (Fsp3) is 0.429. The fourth-order valence-electron chi connectivity index (χ4n) is 5.11. The number of ether oxygens (including phenoxy) is 1. The van der Waals surface area contributed by atoms with E-state index in [2.05, 4.69) is 0 Å². The first-order valence-electron chi connectivity index (χ1n) is 9.72. The summed E-state index contributed by atoms with van der Waals surface area (Å²) >= 11 is 13.8. The topological polar surface area (TPSA) is 80.8 Å². The Balaban J connectivity index is 1.52. The molecular formula is C21H19Cl2NO5S. The first-order chi connectivity index (χ1) is 14.1. The molecule has 2 fully saturated rings. The van der Waals surface area contributed by atoms with Gasteiger partial charge in [-0.3, -0.25) is 9.59 Å². The summed E-state index contributed by atoms with van der Waals surface area (Å²) in [5, 5.41) is 0. The second-order valence-electron chi connectivity index (χ2n) is 8.29. The lowest BCUT2D eigenvalue weighted by atomic mass is 9.58. The number of benzene rings is 1. The van der Waals surface area contributed by atoms with Crippen molar-refractivity contribution in [1.82, 2.24) is 4.31 Å². The van der Waals surface area contributed by atoms with Gasteiger partial charge in [0.2, 0.25) is 10.0 Å². The smallest absolute Gasteiger partial charge is 0.320 e. The zero-order chi connectivity index (χ0) is 21.5. The molecular weight excluding hydrogens is 449 g/mol. The molecule has 2 saturated heterocycles. The van der Waals surface area contributed by atoms with E-state index in [0.29, 0.717) is 24.0 Å². The Morgan fingerprint density at radius 1 is 0.967 bits per heavy atom. The first-order valence-corrected chi connectivity index (χ1v) is 11.9. The lowest BCUT2D eigenvalue weighted by molar-refractivity contribution is -0.153. The number of allylic oxidation sites excluding steroid dienone is 2. The molecule has 158 valence electrons. The Morgan fingerprint density at radius 2 is 1.50 bits per heavy atom. The third-order valence-corrected chi connectivity index (χ3v) is 9.68. The van der Waals surface area contributed by atoms with E-state index in [-0.39, 0.29) is 18.0 Å². The summed E-state index contributed by atoms with van der Waals surface area (Å²) in [6, 6.07) is 6.74. The molecule has 4 bridgehead atoms. The molecule has 30 heavy (non-hydrogen) atoms. The molecule has 0 N–H and O–H groups in total. The molecule has 6 rings (SSSR count). The molecule has 0 saturated carbocycles. The highest BCUT2D eigenvalue weighted by Crippen LogP contribution is 2.62. The number of esters is 2. The highest BCUT2D eigenvalue weighted by Gasteiger charge is 2.69. The summed E-state index contributed by atoms with van der Waals surface area (Å²) in [6.45, 7) is 2.31. The molecule has 1 aromatic carbocycles. The van der Waals surface area contributed by atoms with Crippen LogP contribution in [-0.4, -0.2) is 47.5 Å². The van der Waals surface area contributed by atoms with Gasteiger partial charge in [-0.05, 0) is 43.0 Å². The van der Waals surface area contributed by atoms with Crippen molar-refractivity contribution >= 4 is 45.2 Å². The zero-order valence-electron chi connectivity index (χ0n) is 16.1. The third kappa shape index (κ3) is 2.62. The van der Waals surface area contributed by atoms with Crippen molar-refractivity contribution < 1.29 is 22.7 Å². The van der Waals surface area contributed by atoms with Crippen molar-refractivity contribution in [2.75, 3.05) is 13.1 Å². The number of carbonyl (C=O) groups excluding carboxylic acids is 2. The molecule has 2 unspecified atom stereocenters. The van der Waals surface area contributed by atoms with Crippen LogP contribution in [0.25, 0.3) is 0 Å². The Morgan fingerprint density at radius 3 is 2.07 bits per heavy atom. The van der Waals surface area contributed by atoms with Crippen molar-refractivity contribution in [3.05, 3.63) is 53.1 Å². The summed E-state index contributed by atoms with van der Waals surface area (Å²) in [7, 11) is -3.68. The number of sulfonamides is 1. The van der Waals surface area contributed by atoms with Gasteiger partial charge < -0.3 is 4.74 Å². The zero-order valence-corrected chi connectivity index (χ0v) is 18.4. The summed E-state index contributed by atoms with van der Waals surface area (Å²) < 4.78 is 32.7. The monoisotopic (exact) mass is 467 g/mol. The van der Waals surface area contributed by atoms with Crippen LogP contribution >= 0.6 is 23.2 Å². The van der Waals surface area contributed by atoms with Crippen LogP contribution in [0.1, 0.15) is 18.4 Å². The highest BCUT2D eigenvalue weighted by atomic mass is 35.5. The number of alkyl halides is 2. The summed E-state index contributed by atoms with van der Waals surface area (Å²) in [5.41, 5.74) is 2.33. The molecule has 5 aliphatic rings. The first kappa shape index (κ1) is 20.2. The number of nitrogens with zero attached hydrogens (tertiary/aromatic N) is 1. The van der Waals surface area contributed by atoms with Crippen LogP contribution in [0.5, 0.6) is 0 Å². The lowest BCUT2D eigenvalue weighted by Crippen LogP contribution is -2.58. The van der Waals surface area contributed by atoms with Gasteiger partial charge >= 0.3 is 11.9 Å². The standard InChI is InChI=1S/C21H19Cl2NO5S/c1-12-2-4-15(5-3-12)30(27,28)24-8-6-13-10-20(22)11-14(7-9-24)21(13,23)17-16(20)18(25)29-19(17)26/h2-5,10-11,16-17H,6-9H2,1H3. The molecule has 0 amide bonds. The number of hydrogen-bond acceptors (Lipinski definition) is 5. The number of halogens is 2. The maximum absolute atomic E-state index is 13.2. The van der Waals surface area contributed by atoms with E-state index >= 15 is 0 Å². The number of carbonyl (C=O) groups is 2. The van der Waals surface area contributed by atoms with Gasteiger partial charge in [0.05, 0.1) is 21.6 Å². The second-order valence-corrected chi connectivity index (χ2v) is 11.5. The largest absolute Gasteiger partial charge is 0.393 e. The van der Waals surface area contributed by atoms with Crippen LogP contribution in [0.15, 0.2) is 52.5 Å². The maximum atomic E-state index is 13.2. The van der Waals surface area contributed by atoms with Crippen LogP contribution in [0.4, 0.5) is 0 Å². The SMILES string of the molecule is Cc1ccc(S(=O)(=O)N2CCC3=CC4(Cl)C=C(CC2)C3(Cl)C2C(=O)OC(=O)C24)cc1. The molecule has 9 heteroatoms. The molecule has 6 nitrogen and oxygen atoms in total. The molecule has 0 aromatic heterocycles. The lowest BCUT2D eigenvalue weighted by Gasteiger charge is -2.52. The van der Waals surface area contributed by atoms with Crippen LogP contribution in [0, 0.1) is 18.8 Å². The average molecular weight is 468 g/mol. The molecule has 2 aliphatic heterocycles. The Hall–Kier alpha value is -1.67. The van der Waals surface area contributed by atoms with Crippen LogP contribution < -0.4 is 0 Å². The molecule has 2 atom stereocenters. The van der Waals surface area contributed by atoms with Crippen molar-refractivity contribution in [3.8, 4) is 0 Å². The van der Waals surface area contributed by atoms with Gasteiger partial charge in [0, 0.05) is 13.1 Å². The van der Waals surface area contributed by atoms with Crippen LogP contribution in [-0.2, 0) is 24.3 Å². The van der Waals surface area contributed by atoms with Crippen LogP contribution in [0.2, 0.25) is 0 Å². The average Bonchev–Trinajstić information content (AvgIpc) is 3.00. The van der Waals surface area contributed by atoms with Gasteiger partial charge in [-0.2, -0.15) is 4.31 Å². The maximum Gasteiger partial charge on any atom is 0.320 e. The van der Waals surface area contributed by atoms with E-state index in [4.69, 9.17) is 27.9 Å². The number of cyclic esters (lactones) is 2. The number of hydrogen-bond donors (Lipinski definition) is 0. The summed E-state index contributed by atoms with van der Waals surface area (Å²) in [5.74, 6) is -3.06. The van der Waals surface area contributed by atoms with Crippen molar-refractivity contribution in [1.29, 1.82) is 0 Å². The van der Waals surface area contributed by atoms with Gasteiger partial charge in [-0.25, -0.2) is 8.42 Å². The van der Waals surface area contributed by atoms with Gasteiger partial charge in [-0.15, -0.1) is 23.2 Å². The van der Waals surface area contributed by atoms with E-state index in [1.165, 1.54) is 4.31 Å². The molecule has 2 heterocycles. The Kier molecular flexibility index (Phi) is 4.33. The predicted molar refractivity (Wildman–Crippen MR) is 111 cm³/mol. The minimum absolute atomic E-state index is 0.205. The summed E-state index contributed by atoms with van der Waals surface area (Å²) in [6.07, 6.45) is 4.05. The molecule has 0 spiro atoms. The normalized spacial score (nSPS) is 35.8. The second kappa shape index (κ2) is 6.42. The van der Waals surface area contributed by atoms with Gasteiger partial charge in [0.25, 0.3) is 0 Å². The highest BCUT2D eigenvalue weighted by molar-refractivity contribution is 7.89. The Labute approximate surface area is 184 Å². The molecule has 0 radical (unpaired) electrons. The molecule has 1 aromatic rings. The van der Waals surface area contributed by atoms with E-state index in [1.807, 2.05) is 6.92 Å². The van der Waals surface area contributed by atoms with Gasteiger partial charge in [0.15, 0.2) is 0 Å². The van der Waals surface area contributed by atoms with E-state index < -0.39 is 43.5 Å². The Bertz CT molecular complexity index is 1110. The number of rotatable bonds is 2. The fourth-order valence-corrected chi connectivity index (χ4v) is 7.54.